The molecule has 31 heavy (non-hydrogen) atoms. The van der Waals surface area contributed by atoms with Crippen LogP contribution in [-0.2, 0) is 0 Å². The fourth-order valence-corrected chi connectivity index (χ4v) is 10.1. The molecule has 0 N–H and O–H groups in total. The average Bonchev–Trinajstić information content (AvgIpc) is 3.11. The van der Waals surface area contributed by atoms with Crippen LogP contribution in [0.3, 0.4) is 0 Å². The number of hydrogen-bond acceptors (Lipinski definition) is 0. The largest absolute Gasteiger partial charge is 0.0845 e. The van der Waals surface area contributed by atoms with Gasteiger partial charge in [-0.15, -0.1) is 0 Å². The minimum absolute atomic E-state index is 0.561. The lowest BCUT2D eigenvalue weighted by atomic mass is 9.47. The standard InChI is InChI=1S/C31H54/c1-8-31(9-2,22(3)4)21-17-23(5)26-15-16-27-25-14-13-24-12-10-11-19-29(24,6)28(25)18-20-30(26,27)7/h13,22-23,25-28H,8-12,14-21H2,1-7H3. The fourth-order valence-electron chi connectivity index (χ4n) is 10.1. The van der Waals surface area contributed by atoms with E-state index in [0.717, 1.165) is 35.5 Å². The highest BCUT2D eigenvalue weighted by Crippen LogP contribution is 2.67. The average molecular weight is 427 g/mol. The van der Waals surface area contributed by atoms with Crippen molar-refractivity contribution in [1.29, 1.82) is 0 Å². The summed E-state index contributed by atoms with van der Waals surface area (Å²) in [5.41, 5.74) is 3.63. The van der Waals surface area contributed by atoms with E-state index in [-0.39, 0.29) is 0 Å². The Morgan fingerprint density at radius 2 is 1.71 bits per heavy atom. The normalized spacial score (nSPS) is 41.4. The second kappa shape index (κ2) is 8.83. The minimum atomic E-state index is 0.561. The van der Waals surface area contributed by atoms with E-state index < -0.39 is 0 Å². The first-order chi connectivity index (χ1) is 14.7. The van der Waals surface area contributed by atoms with Crippen molar-refractivity contribution in [3.63, 3.8) is 0 Å². The van der Waals surface area contributed by atoms with E-state index in [2.05, 4.69) is 54.5 Å². The van der Waals surface area contributed by atoms with Gasteiger partial charge in [0.15, 0.2) is 0 Å². The van der Waals surface area contributed by atoms with Crippen LogP contribution < -0.4 is 0 Å². The molecule has 4 rings (SSSR count). The van der Waals surface area contributed by atoms with Crippen molar-refractivity contribution in [2.75, 3.05) is 0 Å². The van der Waals surface area contributed by atoms with Gasteiger partial charge >= 0.3 is 0 Å². The van der Waals surface area contributed by atoms with Crippen LogP contribution in [0.1, 0.15) is 132 Å². The molecule has 0 saturated heterocycles. The summed E-state index contributed by atoms with van der Waals surface area (Å²) in [6, 6.07) is 0. The van der Waals surface area contributed by atoms with Gasteiger partial charge < -0.3 is 0 Å². The molecule has 0 bridgehead atoms. The van der Waals surface area contributed by atoms with E-state index in [1.807, 2.05) is 5.57 Å². The molecule has 0 heteroatoms. The highest BCUT2D eigenvalue weighted by Gasteiger charge is 2.58. The van der Waals surface area contributed by atoms with Gasteiger partial charge in [-0.1, -0.05) is 79.4 Å². The Bertz CT molecular complexity index is 651. The highest BCUT2D eigenvalue weighted by atomic mass is 14.6. The molecule has 7 atom stereocenters. The molecule has 0 heterocycles. The van der Waals surface area contributed by atoms with Crippen LogP contribution in [0.25, 0.3) is 0 Å². The third-order valence-electron chi connectivity index (χ3n) is 12.5. The van der Waals surface area contributed by atoms with E-state index in [4.69, 9.17) is 0 Å². The molecule has 0 amide bonds. The molecule has 0 aliphatic heterocycles. The molecular formula is C31H54. The van der Waals surface area contributed by atoms with Gasteiger partial charge in [0.25, 0.3) is 0 Å². The summed E-state index contributed by atoms with van der Waals surface area (Å²) in [5.74, 6) is 5.68. The van der Waals surface area contributed by atoms with E-state index in [1.54, 1.807) is 0 Å². The third kappa shape index (κ3) is 3.79. The van der Waals surface area contributed by atoms with E-state index in [1.165, 1.54) is 83.5 Å². The molecule has 4 aliphatic carbocycles. The maximum Gasteiger partial charge on any atom is -0.00853 e. The Balaban J connectivity index is 1.48. The van der Waals surface area contributed by atoms with E-state index in [9.17, 15) is 0 Å². The summed E-state index contributed by atoms with van der Waals surface area (Å²) in [5, 5.41) is 0. The predicted octanol–water partition coefficient (Wildman–Crippen LogP) is 9.83. The molecule has 0 spiro atoms. The molecule has 178 valence electrons. The van der Waals surface area contributed by atoms with Crippen LogP contribution in [0.5, 0.6) is 0 Å². The summed E-state index contributed by atoms with van der Waals surface area (Å²) < 4.78 is 0. The van der Waals surface area contributed by atoms with Crippen molar-refractivity contribution in [1.82, 2.24) is 0 Å². The van der Waals surface area contributed by atoms with Crippen molar-refractivity contribution in [2.45, 2.75) is 132 Å². The van der Waals surface area contributed by atoms with Crippen LogP contribution in [-0.4, -0.2) is 0 Å². The highest BCUT2D eigenvalue weighted by molar-refractivity contribution is 5.24. The van der Waals surface area contributed by atoms with Gasteiger partial charge in [0.1, 0.15) is 0 Å². The summed E-state index contributed by atoms with van der Waals surface area (Å²) in [7, 11) is 0. The van der Waals surface area contributed by atoms with Crippen molar-refractivity contribution in [2.24, 2.45) is 51.8 Å². The second-order valence-electron chi connectivity index (χ2n) is 13.4. The molecule has 0 aromatic rings. The van der Waals surface area contributed by atoms with Gasteiger partial charge in [0.05, 0.1) is 0 Å². The summed E-state index contributed by atoms with van der Waals surface area (Å²) >= 11 is 0. The van der Waals surface area contributed by atoms with Crippen molar-refractivity contribution < 1.29 is 0 Å². The first kappa shape index (κ1) is 23.9. The Kier molecular flexibility index (Phi) is 6.80. The number of fused-ring (bicyclic) bond motifs is 5. The molecule has 0 radical (unpaired) electrons. The van der Waals surface area contributed by atoms with E-state index >= 15 is 0 Å². The topological polar surface area (TPSA) is 0 Å². The van der Waals surface area contributed by atoms with Crippen molar-refractivity contribution in [3.05, 3.63) is 11.6 Å². The second-order valence-corrected chi connectivity index (χ2v) is 13.4. The third-order valence-corrected chi connectivity index (χ3v) is 12.5. The lowest BCUT2D eigenvalue weighted by molar-refractivity contribution is -0.0510. The smallest absolute Gasteiger partial charge is 0.00853 e. The Labute approximate surface area is 195 Å². The molecule has 3 saturated carbocycles. The molecular weight excluding hydrogens is 372 g/mol. The zero-order valence-electron chi connectivity index (χ0n) is 22.2. The first-order valence-corrected chi connectivity index (χ1v) is 14.4. The number of hydrogen-bond donors (Lipinski definition) is 0. The maximum atomic E-state index is 2.75. The quantitative estimate of drug-likeness (QED) is 0.355. The van der Waals surface area contributed by atoms with Crippen molar-refractivity contribution >= 4 is 0 Å². The van der Waals surface area contributed by atoms with Crippen LogP contribution in [0, 0.1) is 51.8 Å². The Morgan fingerprint density at radius 1 is 0.968 bits per heavy atom. The van der Waals surface area contributed by atoms with E-state index in [0.29, 0.717) is 16.2 Å². The van der Waals surface area contributed by atoms with Gasteiger partial charge in [-0.25, -0.2) is 0 Å². The lowest BCUT2D eigenvalue weighted by Gasteiger charge is -2.58. The van der Waals surface area contributed by atoms with Crippen molar-refractivity contribution in [3.8, 4) is 0 Å². The van der Waals surface area contributed by atoms with Gasteiger partial charge in [-0.05, 0) is 116 Å². The van der Waals surface area contributed by atoms with Gasteiger partial charge in [-0.2, -0.15) is 0 Å². The fraction of sp³-hybridized carbons (Fsp3) is 0.935. The Morgan fingerprint density at radius 3 is 2.39 bits per heavy atom. The number of rotatable bonds is 7. The maximum absolute atomic E-state index is 2.75. The van der Waals surface area contributed by atoms with Gasteiger partial charge in [0.2, 0.25) is 0 Å². The predicted molar refractivity (Wildman–Crippen MR) is 136 cm³/mol. The molecule has 0 aromatic carbocycles. The van der Waals surface area contributed by atoms with Gasteiger partial charge in [-0.3, -0.25) is 0 Å². The molecule has 3 fully saturated rings. The Hall–Kier alpha value is -0.260. The first-order valence-electron chi connectivity index (χ1n) is 14.4. The zero-order chi connectivity index (χ0) is 22.4. The molecule has 0 aromatic heterocycles. The van der Waals surface area contributed by atoms with Crippen LogP contribution >= 0.6 is 0 Å². The summed E-state index contributed by atoms with van der Waals surface area (Å²) in [6.45, 7) is 17.9. The molecule has 7 unspecified atom stereocenters. The summed E-state index contributed by atoms with van der Waals surface area (Å²) in [4.78, 5) is 0. The van der Waals surface area contributed by atoms with Gasteiger partial charge in [0, 0.05) is 0 Å². The van der Waals surface area contributed by atoms with Crippen LogP contribution in [0.4, 0.5) is 0 Å². The zero-order valence-corrected chi connectivity index (χ0v) is 22.2. The molecule has 0 nitrogen and oxygen atoms in total. The lowest BCUT2D eigenvalue weighted by Crippen LogP contribution is -2.50. The molecule has 4 aliphatic rings. The number of allylic oxidation sites excluding steroid dienone is 2. The minimum Gasteiger partial charge on any atom is -0.0845 e. The SMILES string of the molecule is CCC(CC)(CCC(C)C1CCC2C3CC=C4CCCCC4(C)C3CCC12C)C(C)C. The summed E-state index contributed by atoms with van der Waals surface area (Å²) in [6.07, 6.45) is 21.7. The van der Waals surface area contributed by atoms with Crippen LogP contribution in [0.15, 0.2) is 11.6 Å². The monoisotopic (exact) mass is 426 g/mol. The van der Waals surface area contributed by atoms with Crippen LogP contribution in [0.2, 0.25) is 0 Å².